The Hall–Kier alpha value is -4.23. The first-order valence-electron chi connectivity index (χ1n) is 11.8. The molecular formula is C25H24F3N7O3. The van der Waals surface area contributed by atoms with Crippen LogP contribution in [-0.2, 0) is 10.9 Å². The van der Waals surface area contributed by atoms with Gasteiger partial charge in [0.15, 0.2) is 11.6 Å². The lowest BCUT2D eigenvalue weighted by molar-refractivity contribution is -0.137. The number of morpholine rings is 1. The van der Waals surface area contributed by atoms with Gasteiger partial charge >= 0.3 is 6.18 Å². The Kier molecular flexibility index (Phi) is 7.11. The summed E-state index contributed by atoms with van der Waals surface area (Å²) in [6.07, 6.45) is -4.45. The molecule has 1 fully saturated rings. The van der Waals surface area contributed by atoms with Crippen LogP contribution in [0.3, 0.4) is 0 Å². The molecule has 3 heterocycles. The van der Waals surface area contributed by atoms with Crippen LogP contribution < -0.4 is 21.3 Å². The fraction of sp³-hybridized carbons (Fsp3) is 0.280. The minimum absolute atomic E-state index is 0.128. The first-order valence-corrected chi connectivity index (χ1v) is 11.8. The van der Waals surface area contributed by atoms with Crippen molar-refractivity contribution in [1.29, 1.82) is 0 Å². The number of rotatable bonds is 7. The maximum atomic E-state index is 13.1. The summed E-state index contributed by atoms with van der Waals surface area (Å²) >= 11 is 0. The molecule has 0 saturated carbocycles. The molecule has 0 amide bonds. The Labute approximate surface area is 214 Å². The van der Waals surface area contributed by atoms with Gasteiger partial charge in [0, 0.05) is 37.8 Å². The monoisotopic (exact) mass is 527 g/mol. The van der Waals surface area contributed by atoms with Crippen LogP contribution in [0.2, 0.25) is 0 Å². The summed E-state index contributed by atoms with van der Waals surface area (Å²) in [4.78, 5) is 29.8. The first kappa shape index (κ1) is 25.4. The molecule has 0 atom stereocenters. The number of nitrogens with one attached hydrogen (secondary N) is 2. The largest absolute Gasteiger partial charge is 0.436 e. The normalized spacial score (nSPS) is 14.5. The number of fused-ring (bicyclic) bond motifs is 1. The number of nitrogens with two attached hydrogens (primary N) is 1. The molecule has 1 aliphatic heterocycles. The summed E-state index contributed by atoms with van der Waals surface area (Å²) < 4.78 is 50.6. The number of aromatic amines is 1. The van der Waals surface area contributed by atoms with Crippen molar-refractivity contribution in [1.82, 2.24) is 24.8 Å². The summed E-state index contributed by atoms with van der Waals surface area (Å²) in [5.41, 5.74) is 5.96. The van der Waals surface area contributed by atoms with Crippen molar-refractivity contribution in [3.63, 3.8) is 0 Å². The van der Waals surface area contributed by atoms with Gasteiger partial charge in [-0.2, -0.15) is 18.2 Å². The third-order valence-corrected chi connectivity index (χ3v) is 5.95. The third-order valence-electron chi connectivity index (χ3n) is 5.95. The molecule has 198 valence electrons. The summed E-state index contributed by atoms with van der Waals surface area (Å²) in [6.45, 7) is 4.25. The molecule has 2 aromatic carbocycles. The van der Waals surface area contributed by atoms with Gasteiger partial charge in [-0.15, -0.1) is 0 Å². The Balaban J connectivity index is 1.46. The van der Waals surface area contributed by atoms with Gasteiger partial charge in [0.05, 0.1) is 30.0 Å². The van der Waals surface area contributed by atoms with Gasteiger partial charge in [-0.25, -0.2) is 9.97 Å². The summed E-state index contributed by atoms with van der Waals surface area (Å²) in [5, 5.41) is 3.17. The van der Waals surface area contributed by atoms with E-state index in [-0.39, 0.29) is 23.4 Å². The van der Waals surface area contributed by atoms with Crippen LogP contribution in [0, 0.1) is 0 Å². The molecule has 13 heteroatoms. The van der Waals surface area contributed by atoms with E-state index in [1.54, 1.807) is 18.2 Å². The highest BCUT2D eigenvalue weighted by molar-refractivity contribution is 5.82. The number of hydrogen-bond acceptors (Lipinski definition) is 9. The van der Waals surface area contributed by atoms with Crippen LogP contribution in [0.5, 0.6) is 11.6 Å². The van der Waals surface area contributed by atoms with Crippen LogP contribution in [0.1, 0.15) is 5.56 Å². The molecule has 4 N–H and O–H groups in total. The van der Waals surface area contributed by atoms with E-state index in [0.29, 0.717) is 42.0 Å². The van der Waals surface area contributed by atoms with Crippen molar-refractivity contribution in [2.24, 2.45) is 0 Å². The fourth-order valence-electron chi connectivity index (χ4n) is 3.98. The predicted molar refractivity (Wildman–Crippen MR) is 135 cm³/mol. The molecule has 38 heavy (non-hydrogen) atoms. The number of nitrogens with zero attached hydrogens (tertiary/aromatic N) is 4. The van der Waals surface area contributed by atoms with Crippen molar-refractivity contribution in [2.75, 3.05) is 50.4 Å². The maximum Gasteiger partial charge on any atom is 0.416 e. The number of H-pyrrole nitrogens is 1. The molecule has 0 unspecified atom stereocenters. The number of para-hydroxylation sites is 1. The molecule has 5 rings (SSSR count). The summed E-state index contributed by atoms with van der Waals surface area (Å²) in [5.74, 6) is 0.434. The Morgan fingerprint density at radius 1 is 1.08 bits per heavy atom. The van der Waals surface area contributed by atoms with Crippen LogP contribution in [-0.4, -0.2) is 64.2 Å². The van der Waals surface area contributed by atoms with Crippen molar-refractivity contribution in [3.8, 4) is 22.9 Å². The quantitative estimate of drug-likeness (QED) is 0.330. The van der Waals surface area contributed by atoms with Crippen molar-refractivity contribution in [2.45, 2.75) is 6.18 Å². The Bertz CT molecular complexity index is 1490. The zero-order chi connectivity index (χ0) is 26.7. The molecule has 10 nitrogen and oxygen atoms in total. The molecule has 1 saturated heterocycles. The summed E-state index contributed by atoms with van der Waals surface area (Å²) in [7, 11) is 0. The number of anilines is 2. The Morgan fingerprint density at radius 2 is 1.84 bits per heavy atom. The number of hydrogen-bond donors (Lipinski definition) is 3. The lowest BCUT2D eigenvalue weighted by Gasteiger charge is -2.26. The van der Waals surface area contributed by atoms with Gasteiger partial charge in [-0.05, 0) is 24.3 Å². The van der Waals surface area contributed by atoms with Crippen molar-refractivity contribution >= 4 is 22.8 Å². The maximum absolute atomic E-state index is 13.1. The zero-order valence-electron chi connectivity index (χ0n) is 20.1. The van der Waals surface area contributed by atoms with Crippen molar-refractivity contribution in [3.05, 3.63) is 64.4 Å². The summed E-state index contributed by atoms with van der Waals surface area (Å²) in [6, 6.07) is 11.2. The predicted octanol–water partition coefficient (Wildman–Crippen LogP) is 3.52. The van der Waals surface area contributed by atoms with Gasteiger partial charge in [0.2, 0.25) is 11.8 Å². The minimum atomic E-state index is -4.45. The second-order valence-electron chi connectivity index (χ2n) is 8.58. The molecule has 2 aromatic heterocycles. The highest BCUT2D eigenvalue weighted by Gasteiger charge is 2.30. The van der Waals surface area contributed by atoms with Crippen LogP contribution >= 0.6 is 0 Å². The number of ether oxygens (including phenoxy) is 2. The van der Waals surface area contributed by atoms with Gasteiger partial charge in [0.25, 0.3) is 5.56 Å². The van der Waals surface area contributed by atoms with E-state index in [1.807, 2.05) is 0 Å². The van der Waals surface area contributed by atoms with Gasteiger partial charge in [-0.1, -0.05) is 18.2 Å². The molecule has 0 bridgehead atoms. The van der Waals surface area contributed by atoms with Gasteiger partial charge in [-0.3, -0.25) is 9.69 Å². The topological polar surface area (TPSA) is 131 Å². The molecular weight excluding hydrogens is 503 g/mol. The minimum Gasteiger partial charge on any atom is -0.436 e. The number of aromatic nitrogens is 4. The van der Waals surface area contributed by atoms with E-state index in [0.717, 1.165) is 31.8 Å². The van der Waals surface area contributed by atoms with E-state index >= 15 is 0 Å². The van der Waals surface area contributed by atoms with Gasteiger partial charge < -0.3 is 25.5 Å². The van der Waals surface area contributed by atoms with Crippen molar-refractivity contribution < 1.29 is 22.6 Å². The molecule has 0 radical (unpaired) electrons. The molecule has 1 aliphatic rings. The smallest absolute Gasteiger partial charge is 0.416 e. The lowest BCUT2D eigenvalue weighted by Crippen LogP contribution is -2.39. The lowest BCUT2D eigenvalue weighted by atomic mass is 10.1. The molecule has 0 aliphatic carbocycles. The van der Waals surface area contributed by atoms with Crippen LogP contribution in [0.25, 0.3) is 22.3 Å². The third kappa shape index (κ3) is 5.84. The second kappa shape index (κ2) is 10.6. The fourth-order valence-corrected chi connectivity index (χ4v) is 3.98. The zero-order valence-corrected chi connectivity index (χ0v) is 20.1. The number of alkyl halides is 3. The first-order chi connectivity index (χ1) is 18.3. The average molecular weight is 528 g/mol. The van der Waals surface area contributed by atoms with E-state index in [1.165, 1.54) is 18.2 Å². The Morgan fingerprint density at radius 3 is 2.58 bits per heavy atom. The highest BCUT2D eigenvalue weighted by Crippen LogP contribution is 2.33. The van der Waals surface area contributed by atoms with Crippen LogP contribution in [0.4, 0.5) is 24.9 Å². The van der Waals surface area contributed by atoms with E-state index < -0.39 is 17.3 Å². The molecule has 0 spiro atoms. The number of benzene rings is 2. The molecule has 4 aromatic rings. The van der Waals surface area contributed by atoms with Gasteiger partial charge in [0.1, 0.15) is 5.52 Å². The second-order valence-corrected chi connectivity index (χ2v) is 8.58. The SMILES string of the molecule is Nc1nc2c(Oc3cc(-c4ccc(C(F)(F)F)cc4)nc(NCCN4CCOCC4)n3)cccc2[nH]c1=O. The van der Waals surface area contributed by atoms with E-state index in [4.69, 9.17) is 15.2 Å². The average Bonchev–Trinajstić information content (AvgIpc) is 2.90. The van der Waals surface area contributed by atoms with E-state index in [9.17, 15) is 18.0 Å². The van der Waals surface area contributed by atoms with Crippen LogP contribution in [0.15, 0.2) is 53.3 Å². The van der Waals surface area contributed by atoms with E-state index in [2.05, 4.69) is 30.2 Å². The highest BCUT2D eigenvalue weighted by atomic mass is 19.4. The number of nitrogen functional groups attached to an aromatic ring is 1. The standard InChI is InChI=1S/C25H24F3N7O3/c26-25(27,28)16-6-4-15(5-7-16)18-14-20(33-24(32-18)30-8-9-35-10-12-37-13-11-35)38-19-3-1-2-17-21(19)34-22(29)23(36)31-17/h1-7,14H,8-13H2,(H2,29,34)(H,31,36)(H,30,32,33). The number of halogens is 3.